The summed E-state index contributed by atoms with van der Waals surface area (Å²) in [5.74, 6) is -1.19. The van der Waals surface area contributed by atoms with Gasteiger partial charge in [0, 0.05) is 21.3 Å². The molecule has 1 aliphatic rings. The molecule has 0 radical (unpaired) electrons. The van der Waals surface area contributed by atoms with Crippen molar-refractivity contribution in [3.05, 3.63) is 63.6 Å². The molecule has 1 aliphatic heterocycles. The van der Waals surface area contributed by atoms with Crippen molar-refractivity contribution >= 4 is 46.7 Å². The van der Waals surface area contributed by atoms with Gasteiger partial charge in [0.1, 0.15) is 12.1 Å². The van der Waals surface area contributed by atoms with E-state index < -0.39 is 29.9 Å². The number of hydrogen-bond acceptors (Lipinski definition) is 4. The summed E-state index contributed by atoms with van der Waals surface area (Å²) in [4.78, 5) is 38.4. The first kappa shape index (κ1) is 19.7. The van der Waals surface area contributed by atoms with E-state index in [-0.39, 0.29) is 5.02 Å². The molecule has 1 heterocycles. The van der Waals surface area contributed by atoms with E-state index >= 15 is 0 Å². The van der Waals surface area contributed by atoms with Gasteiger partial charge in [0.25, 0.3) is 5.91 Å². The van der Waals surface area contributed by atoms with Crippen LogP contribution in [0.1, 0.15) is 18.1 Å². The molecule has 0 bridgehead atoms. The molecule has 0 aliphatic carbocycles. The number of carbonyl (C=O) groups is 3. The summed E-state index contributed by atoms with van der Waals surface area (Å²) in [6.45, 7) is 1.03. The lowest BCUT2D eigenvalue weighted by atomic mass is 9.92. The quantitative estimate of drug-likeness (QED) is 0.746. The van der Waals surface area contributed by atoms with Gasteiger partial charge in [-0.25, -0.2) is 4.79 Å². The van der Waals surface area contributed by atoms with E-state index in [9.17, 15) is 14.4 Å². The van der Waals surface area contributed by atoms with Gasteiger partial charge in [-0.15, -0.1) is 0 Å². The minimum atomic E-state index is -1.42. The monoisotopic (exact) mass is 416 g/mol. The van der Waals surface area contributed by atoms with E-state index in [1.165, 1.54) is 19.1 Å². The van der Waals surface area contributed by atoms with Gasteiger partial charge >= 0.3 is 6.03 Å². The summed E-state index contributed by atoms with van der Waals surface area (Å²) in [6, 6.07) is 12.1. The van der Waals surface area contributed by atoms with Crippen LogP contribution in [0.4, 0.5) is 10.5 Å². The van der Waals surface area contributed by atoms with Crippen LogP contribution in [0.15, 0.2) is 42.5 Å². The molecule has 1 atom stereocenters. The third-order valence-electron chi connectivity index (χ3n) is 4.32. The van der Waals surface area contributed by atoms with Crippen molar-refractivity contribution in [1.29, 1.82) is 5.26 Å². The molecule has 7 nitrogen and oxygen atoms in total. The first-order valence-corrected chi connectivity index (χ1v) is 8.90. The molecule has 1 unspecified atom stereocenters. The van der Waals surface area contributed by atoms with Crippen LogP contribution >= 0.6 is 23.2 Å². The van der Waals surface area contributed by atoms with Crippen molar-refractivity contribution in [2.75, 3.05) is 11.9 Å². The number of halogens is 2. The Bertz CT molecular complexity index is 1030. The molecule has 2 aromatic rings. The van der Waals surface area contributed by atoms with Crippen LogP contribution in [-0.4, -0.2) is 29.3 Å². The number of hydrogen-bond donors (Lipinski definition) is 2. The van der Waals surface area contributed by atoms with Gasteiger partial charge in [0.2, 0.25) is 5.91 Å². The Hall–Kier alpha value is -3.08. The smallest absolute Gasteiger partial charge is 0.324 e. The molecule has 0 spiro atoms. The average molecular weight is 417 g/mol. The largest absolute Gasteiger partial charge is 0.325 e. The summed E-state index contributed by atoms with van der Waals surface area (Å²) in [7, 11) is 0. The predicted molar refractivity (Wildman–Crippen MR) is 104 cm³/mol. The standard InChI is InChI=1S/C19H14Cl2N4O3/c1-19(14-6-5-12(20)8-15(14)21)17(27)25(18(28)24-19)10-16(26)23-13-4-2-3-11(7-13)9-22/h2-8H,10H2,1H3,(H,23,26)(H,24,28). The van der Waals surface area contributed by atoms with Gasteiger partial charge in [-0.3, -0.25) is 14.5 Å². The van der Waals surface area contributed by atoms with Gasteiger partial charge in [-0.1, -0.05) is 35.3 Å². The van der Waals surface area contributed by atoms with Crippen molar-refractivity contribution in [2.45, 2.75) is 12.5 Å². The molecule has 0 saturated carbocycles. The Balaban J connectivity index is 1.78. The van der Waals surface area contributed by atoms with Crippen molar-refractivity contribution in [3.8, 4) is 6.07 Å². The number of nitrogens with one attached hydrogen (secondary N) is 2. The van der Waals surface area contributed by atoms with Crippen molar-refractivity contribution in [1.82, 2.24) is 10.2 Å². The van der Waals surface area contributed by atoms with E-state index in [0.29, 0.717) is 21.8 Å². The van der Waals surface area contributed by atoms with Crippen LogP contribution in [-0.2, 0) is 15.1 Å². The lowest BCUT2D eigenvalue weighted by Gasteiger charge is -2.23. The molecule has 9 heteroatoms. The second-order valence-corrected chi connectivity index (χ2v) is 7.16. The maximum atomic E-state index is 12.9. The molecule has 142 valence electrons. The summed E-state index contributed by atoms with van der Waals surface area (Å²) in [6.07, 6.45) is 0. The third-order valence-corrected chi connectivity index (χ3v) is 4.87. The van der Waals surface area contributed by atoms with E-state index in [0.717, 1.165) is 4.90 Å². The number of nitriles is 1. The molecule has 1 saturated heterocycles. The van der Waals surface area contributed by atoms with Crippen LogP contribution in [0, 0.1) is 11.3 Å². The Kier molecular flexibility index (Phi) is 5.27. The zero-order valence-corrected chi connectivity index (χ0v) is 16.1. The fourth-order valence-corrected chi connectivity index (χ4v) is 3.53. The number of rotatable bonds is 4. The van der Waals surface area contributed by atoms with Crippen LogP contribution < -0.4 is 10.6 Å². The lowest BCUT2D eigenvalue weighted by Crippen LogP contribution is -2.42. The number of anilines is 1. The van der Waals surface area contributed by atoms with Gasteiger partial charge < -0.3 is 10.6 Å². The highest BCUT2D eigenvalue weighted by Gasteiger charge is 2.50. The highest BCUT2D eigenvalue weighted by molar-refractivity contribution is 6.35. The number of imide groups is 1. The molecule has 4 amide bonds. The summed E-state index contributed by atoms with van der Waals surface area (Å²) in [5, 5.41) is 14.7. The fraction of sp³-hybridized carbons (Fsp3) is 0.158. The molecule has 1 fully saturated rings. The SMILES string of the molecule is CC1(c2ccc(Cl)cc2Cl)NC(=O)N(CC(=O)Nc2cccc(C#N)c2)C1=O. The summed E-state index contributed by atoms with van der Waals surface area (Å²) >= 11 is 12.1. The van der Waals surface area contributed by atoms with Crippen LogP contribution in [0.3, 0.4) is 0 Å². The van der Waals surface area contributed by atoms with Crippen molar-refractivity contribution < 1.29 is 14.4 Å². The molecular weight excluding hydrogens is 403 g/mol. The Morgan fingerprint density at radius 1 is 1.25 bits per heavy atom. The number of urea groups is 1. The zero-order valence-electron chi connectivity index (χ0n) is 14.6. The van der Waals surface area contributed by atoms with Crippen LogP contribution in [0.25, 0.3) is 0 Å². The van der Waals surface area contributed by atoms with Crippen molar-refractivity contribution in [3.63, 3.8) is 0 Å². The van der Waals surface area contributed by atoms with Crippen molar-refractivity contribution in [2.24, 2.45) is 0 Å². The minimum absolute atomic E-state index is 0.225. The number of carbonyl (C=O) groups excluding carboxylic acids is 3. The van der Waals surface area contributed by atoms with E-state index in [4.69, 9.17) is 28.5 Å². The topological polar surface area (TPSA) is 102 Å². The number of benzene rings is 2. The Labute approximate surface area is 170 Å². The molecular formula is C19H14Cl2N4O3. The molecule has 3 rings (SSSR count). The molecule has 2 aromatic carbocycles. The maximum absolute atomic E-state index is 12.9. The molecule has 2 N–H and O–H groups in total. The van der Waals surface area contributed by atoms with E-state index in [1.54, 1.807) is 30.3 Å². The Morgan fingerprint density at radius 3 is 2.68 bits per heavy atom. The predicted octanol–water partition coefficient (Wildman–Crippen LogP) is 3.27. The van der Waals surface area contributed by atoms with Crippen LogP contribution in [0.2, 0.25) is 10.0 Å². The lowest BCUT2D eigenvalue weighted by molar-refractivity contribution is -0.133. The molecule has 0 aromatic heterocycles. The highest BCUT2D eigenvalue weighted by Crippen LogP contribution is 2.34. The normalized spacial score (nSPS) is 18.6. The second-order valence-electron chi connectivity index (χ2n) is 6.31. The summed E-state index contributed by atoms with van der Waals surface area (Å²) in [5.41, 5.74) is -0.279. The highest BCUT2D eigenvalue weighted by atomic mass is 35.5. The minimum Gasteiger partial charge on any atom is -0.324 e. The van der Waals surface area contributed by atoms with Gasteiger partial charge in [0.15, 0.2) is 0 Å². The third kappa shape index (κ3) is 3.65. The first-order valence-electron chi connectivity index (χ1n) is 8.14. The van der Waals surface area contributed by atoms with Crippen LogP contribution in [0.5, 0.6) is 0 Å². The Morgan fingerprint density at radius 2 is 2.00 bits per heavy atom. The molecule has 28 heavy (non-hydrogen) atoms. The van der Waals surface area contributed by atoms with Gasteiger partial charge in [0.05, 0.1) is 11.6 Å². The van der Waals surface area contributed by atoms with Gasteiger partial charge in [-0.05, 0) is 37.3 Å². The maximum Gasteiger partial charge on any atom is 0.325 e. The van der Waals surface area contributed by atoms with E-state index in [1.807, 2.05) is 6.07 Å². The summed E-state index contributed by atoms with van der Waals surface area (Å²) < 4.78 is 0. The van der Waals surface area contributed by atoms with E-state index in [2.05, 4.69) is 10.6 Å². The number of amides is 4. The zero-order chi connectivity index (χ0) is 20.5. The number of nitrogens with zero attached hydrogens (tertiary/aromatic N) is 2. The van der Waals surface area contributed by atoms with Gasteiger partial charge in [-0.2, -0.15) is 5.26 Å². The fourth-order valence-electron chi connectivity index (χ4n) is 2.93. The average Bonchev–Trinajstić information content (AvgIpc) is 2.85. The second kappa shape index (κ2) is 7.50. The first-order chi connectivity index (χ1) is 13.2.